The minimum absolute atomic E-state index is 0.0749. The Bertz CT molecular complexity index is 771. The number of hydrogen-bond acceptors (Lipinski definition) is 3. The van der Waals surface area contributed by atoms with E-state index in [0.717, 1.165) is 4.90 Å². The van der Waals surface area contributed by atoms with Crippen molar-refractivity contribution in [1.82, 2.24) is 9.62 Å². The standard InChI is InChI=1S/C17H23ClF2N2O3S/c1-4-26(24,25)21-15-14(9-12-6-5-7-13(18)8-12)22(10-17(15,19)20)16(23)11(2)3/h5-8,11,14-15,21H,4,9-10H2,1-3H3/t14-,15+/m0/s1. The first-order chi connectivity index (χ1) is 12.0. The number of rotatable bonds is 6. The van der Waals surface area contributed by atoms with Crippen LogP contribution in [0, 0.1) is 5.92 Å². The summed E-state index contributed by atoms with van der Waals surface area (Å²) in [6.45, 7) is 3.81. The van der Waals surface area contributed by atoms with Crippen LogP contribution in [-0.2, 0) is 21.2 Å². The zero-order chi connectivity index (χ0) is 19.7. The van der Waals surface area contributed by atoms with E-state index in [4.69, 9.17) is 11.6 Å². The van der Waals surface area contributed by atoms with Crippen molar-refractivity contribution in [1.29, 1.82) is 0 Å². The molecule has 146 valence electrons. The third-order valence-corrected chi connectivity index (χ3v) is 6.03. The summed E-state index contributed by atoms with van der Waals surface area (Å²) in [4.78, 5) is 13.6. The van der Waals surface area contributed by atoms with Crippen molar-refractivity contribution < 1.29 is 22.0 Å². The van der Waals surface area contributed by atoms with Crippen molar-refractivity contribution in [2.45, 2.75) is 45.2 Å². The lowest BCUT2D eigenvalue weighted by Crippen LogP contribution is -2.53. The third-order valence-electron chi connectivity index (χ3n) is 4.42. The molecule has 0 saturated carbocycles. The molecule has 1 amide bonds. The predicted octanol–water partition coefficient (Wildman–Crippen LogP) is 2.69. The maximum atomic E-state index is 14.6. The largest absolute Gasteiger partial charge is 0.331 e. The number of likely N-dealkylation sites (tertiary alicyclic amines) is 1. The summed E-state index contributed by atoms with van der Waals surface area (Å²) in [6, 6.07) is 3.99. The first-order valence-electron chi connectivity index (χ1n) is 8.39. The monoisotopic (exact) mass is 408 g/mol. The Morgan fingerprint density at radius 3 is 2.62 bits per heavy atom. The van der Waals surface area contributed by atoms with Gasteiger partial charge in [-0.15, -0.1) is 0 Å². The summed E-state index contributed by atoms with van der Waals surface area (Å²) in [6.07, 6.45) is 0.0749. The molecule has 1 aliphatic heterocycles. The van der Waals surface area contributed by atoms with E-state index in [1.54, 1.807) is 38.1 Å². The molecule has 1 fully saturated rings. The maximum Gasteiger partial charge on any atom is 0.283 e. The normalized spacial score (nSPS) is 22.8. The molecule has 0 bridgehead atoms. The fourth-order valence-corrected chi connectivity index (χ4v) is 4.15. The smallest absolute Gasteiger partial charge is 0.283 e. The van der Waals surface area contributed by atoms with Gasteiger partial charge in [0.1, 0.15) is 6.04 Å². The first-order valence-corrected chi connectivity index (χ1v) is 10.4. The molecular formula is C17H23ClF2N2O3S. The number of hydrogen-bond donors (Lipinski definition) is 1. The van der Waals surface area contributed by atoms with Crippen LogP contribution in [0.3, 0.4) is 0 Å². The molecule has 0 spiro atoms. The Labute approximate surface area is 157 Å². The Kier molecular flexibility index (Phi) is 6.30. The Balaban J connectivity index is 2.42. The SMILES string of the molecule is CCS(=O)(=O)N[C@@H]1[C@H](Cc2cccc(Cl)c2)N(C(=O)C(C)C)CC1(F)F. The second-order valence-corrected chi connectivity index (χ2v) is 9.26. The molecule has 1 heterocycles. The average molecular weight is 409 g/mol. The predicted molar refractivity (Wildman–Crippen MR) is 96.8 cm³/mol. The number of nitrogens with one attached hydrogen (secondary N) is 1. The zero-order valence-electron chi connectivity index (χ0n) is 14.9. The molecule has 1 aliphatic rings. The summed E-state index contributed by atoms with van der Waals surface area (Å²) in [5, 5.41) is 0.444. The molecule has 2 rings (SSSR count). The van der Waals surface area contributed by atoms with Gasteiger partial charge in [-0.1, -0.05) is 37.6 Å². The van der Waals surface area contributed by atoms with Crippen LogP contribution in [0.15, 0.2) is 24.3 Å². The highest BCUT2D eigenvalue weighted by Crippen LogP contribution is 2.36. The van der Waals surface area contributed by atoms with Gasteiger partial charge in [-0.05, 0) is 31.0 Å². The first kappa shape index (κ1) is 21.1. The lowest BCUT2D eigenvalue weighted by Gasteiger charge is -2.29. The van der Waals surface area contributed by atoms with Gasteiger partial charge in [0.05, 0.1) is 18.3 Å². The number of sulfonamides is 1. The molecule has 9 heteroatoms. The third kappa shape index (κ3) is 4.72. The van der Waals surface area contributed by atoms with Gasteiger partial charge < -0.3 is 4.90 Å². The summed E-state index contributed by atoms with van der Waals surface area (Å²) in [7, 11) is -3.87. The van der Waals surface area contributed by atoms with Crippen molar-refractivity contribution in [2.24, 2.45) is 5.92 Å². The van der Waals surface area contributed by atoms with Gasteiger partial charge in [-0.2, -0.15) is 0 Å². The van der Waals surface area contributed by atoms with Crippen molar-refractivity contribution >= 4 is 27.5 Å². The van der Waals surface area contributed by atoms with Gasteiger partial charge in [0.2, 0.25) is 15.9 Å². The number of amides is 1. The van der Waals surface area contributed by atoms with E-state index in [9.17, 15) is 22.0 Å². The molecule has 1 aromatic carbocycles. The number of halogens is 3. The summed E-state index contributed by atoms with van der Waals surface area (Å²) < 4.78 is 55.2. The van der Waals surface area contributed by atoms with Crippen LogP contribution < -0.4 is 4.72 Å². The molecule has 1 saturated heterocycles. The number of nitrogens with zero attached hydrogens (tertiary/aromatic N) is 1. The molecule has 0 aliphatic carbocycles. The molecule has 26 heavy (non-hydrogen) atoms. The minimum atomic E-state index is -3.87. The topological polar surface area (TPSA) is 66.5 Å². The van der Waals surface area contributed by atoms with Crippen LogP contribution in [0.1, 0.15) is 26.3 Å². The van der Waals surface area contributed by atoms with Crippen molar-refractivity contribution in [3.8, 4) is 0 Å². The van der Waals surface area contributed by atoms with Crippen LogP contribution in [0.4, 0.5) is 8.78 Å². The maximum absolute atomic E-state index is 14.6. The van der Waals surface area contributed by atoms with E-state index in [-0.39, 0.29) is 12.2 Å². The van der Waals surface area contributed by atoms with Gasteiger partial charge >= 0.3 is 0 Å². The van der Waals surface area contributed by atoms with E-state index in [1.165, 1.54) is 6.92 Å². The summed E-state index contributed by atoms with van der Waals surface area (Å²) >= 11 is 5.96. The lowest BCUT2D eigenvalue weighted by molar-refractivity contribution is -0.136. The lowest BCUT2D eigenvalue weighted by atomic mass is 9.99. The molecule has 0 unspecified atom stereocenters. The van der Waals surface area contributed by atoms with E-state index < -0.39 is 46.4 Å². The second-order valence-electron chi connectivity index (χ2n) is 6.78. The van der Waals surface area contributed by atoms with Crippen molar-refractivity contribution in [3.05, 3.63) is 34.9 Å². The number of alkyl halides is 2. The molecule has 2 atom stereocenters. The number of carbonyl (C=O) groups excluding carboxylic acids is 1. The highest BCUT2D eigenvalue weighted by molar-refractivity contribution is 7.89. The summed E-state index contributed by atoms with van der Waals surface area (Å²) in [5.74, 6) is -4.60. The fraction of sp³-hybridized carbons (Fsp3) is 0.588. The van der Waals surface area contributed by atoms with E-state index >= 15 is 0 Å². The fourth-order valence-electron chi connectivity index (χ4n) is 3.05. The van der Waals surface area contributed by atoms with Crippen molar-refractivity contribution in [2.75, 3.05) is 12.3 Å². The molecule has 0 aromatic heterocycles. The average Bonchev–Trinajstić information content (AvgIpc) is 2.78. The highest BCUT2D eigenvalue weighted by Gasteiger charge is 2.57. The number of carbonyl (C=O) groups is 1. The van der Waals surface area contributed by atoms with Crippen LogP contribution in [0.5, 0.6) is 0 Å². The van der Waals surface area contributed by atoms with E-state index in [1.807, 2.05) is 0 Å². The Morgan fingerprint density at radius 1 is 1.42 bits per heavy atom. The molecule has 1 aromatic rings. The van der Waals surface area contributed by atoms with E-state index in [0.29, 0.717) is 10.6 Å². The van der Waals surface area contributed by atoms with Gasteiger partial charge in [-0.25, -0.2) is 21.9 Å². The molecule has 0 radical (unpaired) electrons. The Hall–Kier alpha value is -1.25. The van der Waals surface area contributed by atoms with Gasteiger partial charge in [0, 0.05) is 10.9 Å². The zero-order valence-corrected chi connectivity index (χ0v) is 16.4. The Morgan fingerprint density at radius 2 is 2.08 bits per heavy atom. The molecular weight excluding hydrogens is 386 g/mol. The van der Waals surface area contributed by atoms with Gasteiger partial charge in [0.25, 0.3) is 5.92 Å². The summed E-state index contributed by atoms with van der Waals surface area (Å²) in [5.41, 5.74) is 0.655. The van der Waals surface area contributed by atoms with Crippen LogP contribution in [0.2, 0.25) is 5.02 Å². The highest BCUT2D eigenvalue weighted by atomic mass is 35.5. The quantitative estimate of drug-likeness (QED) is 0.787. The molecule has 1 N–H and O–H groups in total. The molecule has 5 nitrogen and oxygen atoms in total. The number of benzene rings is 1. The second kappa shape index (κ2) is 7.78. The van der Waals surface area contributed by atoms with Crippen LogP contribution in [0.25, 0.3) is 0 Å². The van der Waals surface area contributed by atoms with Gasteiger partial charge in [0.15, 0.2) is 0 Å². The van der Waals surface area contributed by atoms with Crippen LogP contribution >= 0.6 is 11.6 Å². The minimum Gasteiger partial charge on any atom is -0.331 e. The van der Waals surface area contributed by atoms with E-state index in [2.05, 4.69) is 4.72 Å². The van der Waals surface area contributed by atoms with Crippen molar-refractivity contribution in [3.63, 3.8) is 0 Å². The van der Waals surface area contributed by atoms with Gasteiger partial charge in [-0.3, -0.25) is 4.79 Å². The van der Waals surface area contributed by atoms with Crippen LogP contribution in [-0.4, -0.2) is 49.5 Å².